The first-order valence-corrected chi connectivity index (χ1v) is 11.6. The van der Waals surface area contributed by atoms with E-state index in [1.807, 2.05) is 41.8 Å². The molecule has 29 heavy (non-hydrogen) atoms. The van der Waals surface area contributed by atoms with Gasteiger partial charge >= 0.3 is 0 Å². The molecule has 3 rings (SSSR count). The van der Waals surface area contributed by atoms with Crippen molar-refractivity contribution in [3.05, 3.63) is 66.0 Å². The first-order chi connectivity index (χ1) is 13.8. The molecule has 1 amide bonds. The van der Waals surface area contributed by atoms with Gasteiger partial charge in [0.15, 0.2) is 5.16 Å². The van der Waals surface area contributed by atoms with Gasteiger partial charge in [-0.25, -0.2) is 8.42 Å². The summed E-state index contributed by atoms with van der Waals surface area (Å²) in [6.45, 7) is 2.48. The number of nitrogens with zero attached hydrogens (tertiary/aromatic N) is 3. The standard InChI is InChI=1S/C19H21N5O3S2/c1-14-21-22-19(24(14)12-15-8-4-3-5-9-15)28-13-18(25)20-16-10-6-7-11-17(16)23-29(2,26)27/h3-11,23H,12-13H2,1-2H3,(H,20,25). The van der Waals surface area contributed by atoms with Gasteiger partial charge in [0.2, 0.25) is 15.9 Å². The number of carbonyl (C=O) groups is 1. The molecule has 0 aliphatic rings. The van der Waals surface area contributed by atoms with Gasteiger partial charge < -0.3 is 9.88 Å². The molecule has 0 bridgehead atoms. The van der Waals surface area contributed by atoms with Gasteiger partial charge in [0.25, 0.3) is 0 Å². The third kappa shape index (κ3) is 6.06. The molecule has 1 heterocycles. The summed E-state index contributed by atoms with van der Waals surface area (Å²) >= 11 is 1.27. The van der Waals surface area contributed by atoms with Crippen molar-refractivity contribution in [2.45, 2.75) is 18.6 Å². The Kier molecular flexibility index (Phi) is 6.55. The van der Waals surface area contributed by atoms with Crippen LogP contribution in [-0.4, -0.2) is 41.1 Å². The topological polar surface area (TPSA) is 106 Å². The van der Waals surface area contributed by atoms with Gasteiger partial charge in [0, 0.05) is 0 Å². The van der Waals surface area contributed by atoms with Crippen LogP contribution in [0.5, 0.6) is 0 Å². The SMILES string of the molecule is Cc1nnc(SCC(=O)Nc2ccccc2NS(C)(=O)=O)n1Cc1ccccc1. The maximum absolute atomic E-state index is 12.4. The highest BCUT2D eigenvalue weighted by molar-refractivity contribution is 7.99. The van der Waals surface area contributed by atoms with Gasteiger partial charge in [0.1, 0.15) is 5.82 Å². The Bertz CT molecular complexity index is 1100. The molecule has 1 aromatic heterocycles. The first kappa shape index (κ1) is 20.9. The summed E-state index contributed by atoms with van der Waals surface area (Å²) < 4.78 is 27.3. The predicted molar refractivity (Wildman–Crippen MR) is 115 cm³/mol. The second kappa shape index (κ2) is 9.10. The largest absolute Gasteiger partial charge is 0.324 e. The zero-order chi connectivity index (χ0) is 20.9. The maximum Gasteiger partial charge on any atom is 0.234 e. The summed E-state index contributed by atoms with van der Waals surface area (Å²) in [5.74, 6) is 0.601. The molecule has 0 aliphatic heterocycles. The number of aryl methyl sites for hydroxylation is 1. The molecule has 0 aliphatic carbocycles. The molecule has 0 saturated carbocycles. The number of aromatic nitrogens is 3. The lowest BCUT2D eigenvalue weighted by molar-refractivity contribution is -0.113. The van der Waals surface area contributed by atoms with Crippen LogP contribution in [0.15, 0.2) is 59.8 Å². The smallest absolute Gasteiger partial charge is 0.234 e. The minimum absolute atomic E-state index is 0.111. The number of amides is 1. The van der Waals surface area contributed by atoms with E-state index in [-0.39, 0.29) is 11.7 Å². The van der Waals surface area contributed by atoms with Crippen molar-refractivity contribution in [1.82, 2.24) is 14.8 Å². The third-order valence-electron chi connectivity index (χ3n) is 3.91. The van der Waals surface area contributed by atoms with Crippen molar-refractivity contribution in [2.75, 3.05) is 22.0 Å². The molecule has 8 nitrogen and oxygen atoms in total. The molecule has 3 aromatic rings. The lowest BCUT2D eigenvalue weighted by Gasteiger charge is -2.12. The number of thioether (sulfide) groups is 1. The van der Waals surface area contributed by atoms with Gasteiger partial charge in [0.05, 0.1) is 29.9 Å². The molecule has 2 aromatic carbocycles. The van der Waals surface area contributed by atoms with Crippen LogP contribution in [0.4, 0.5) is 11.4 Å². The quantitative estimate of drug-likeness (QED) is 0.531. The number of hydrogen-bond donors (Lipinski definition) is 2. The van der Waals surface area contributed by atoms with Crippen LogP contribution in [0, 0.1) is 6.92 Å². The summed E-state index contributed by atoms with van der Waals surface area (Å²) in [4.78, 5) is 12.4. The molecule has 0 spiro atoms. The number of rotatable bonds is 8. The third-order valence-corrected chi connectivity index (χ3v) is 5.47. The van der Waals surface area contributed by atoms with Crippen LogP contribution < -0.4 is 10.0 Å². The molecule has 0 unspecified atom stereocenters. The molecular formula is C19H21N5O3S2. The second-order valence-corrected chi connectivity index (χ2v) is 9.05. The zero-order valence-corrected chi connectivity index (χ0v) is 17.6. The minimum atomic E-state index is -3.45. The molecule has 0 radical (unpaired) electrons. The monoisotopic (exact) mass is 431 g/mol. The zero-order valence-electron chi connectivity index (χ0n) is 16.0. The van der Waals surface area contributed by atoms with Gasteiger partial charge in [-0.05, 0) is 24.6 Å². The Morgan fingerprint density at radius 2 is 1.69 bits per heavy atom. The normalized spacial score (nSPS) is 11.2. The Morgan fingerprint density at radius 1 is 1.03 bits per heavy atom. The fraction of sp³-hybridized carbons (Fsp3) is 0.211. The summed E-state index contributed by atoms with van der Waals surface area (Å²) in [5, 5.41) is 11.7. The van der Waals surface area contributed by atoms with Crippen molar-refractivity contribution < 1.29 is 13.2 Å². The molecule has 0 fully saturated rings. The van der Waals surface area contributed by atoms with Crippen LogP contribution >= 0.6 is 11.8 Å². The van der Waals surface area contributed by atoms with Crippen molar-refractivity contribution in [1.29, 1.82) is 0 Å². The molecule has 2 N–H and O–H groups in total. The Balaban J connectivity index is 1.65. The first-order valence-electron chi connectivity index (χ1n) is 8.75. The van der Waals surface area contributed by atoms with Crippen molar-refractivity contribution in [3.8, 4) is 0 Å². The molecule has 152 valence electrons. The summed E-state index contributed by atoms with van der Waals surface area (Å²) in [6, 6.07) is 16.6. The van der Waals surface area contributed by atoms with E-state index >= 15 is 0 Å². The Morgan fingerprint density at radius 3 is 2.38 bits per heavy atom. The molecule has 10 heteroatoms. The van der Waals surface area contributed by atoms with E-state index in [1.54, 1.807) is 24.3 Å². The Hall–Kier alpha value is -2.85. The van der Waals surface area contributed by atoms with Crippen LogP contribution in [0.25, 0.3) is 0 Å². The highest BCUT2D eigenvalue weighted by atomic mass is 32.2. The number of benzene rings is 2. The lowest BCUT2D eigenvalue weighted by atomic mass is 10.2. The van der Waals surface area contributed by atoms with Crippen molar-refractivity contribution in [3.63, 3.8) is 0 Å². The number of sulfonamides is 1. The maximum atomic E-state index is 12.4. The van der Waals surface area contributed by atoms with E-state index in [9.17, 15) is 13.2 Å². The van der Waals surface area contributed by atoms with E-state index in [0.29, 0.717) is 23.1 Å². The number of hydrogen-bond acceptors (Lipinski definition) is 6. The highest BCUT2D eigenvalue weighted by Crippen LogP contribution is 2.23. The van der Waals surface area contributed by atoms with Crippen LogP contribution in [0.1, 0.15) is 11.4 Å². The number of nitrogens with one attached hydrogen (secondary N) is 2. The van der Waals surface area contributed by atoms with Crippen molar-refractivity contribution >= 4 is 39.1 Å². The van der Waals surface area contributed by atoms with Gasteiger partial charge in [-0.15, -0.1) is 10.2 Å². The summed E-state index contributed by atoms with van der Waals surface area (Å²) in [6.07, 6.45) is 1.06. The van der Waals surface area contributed by atoms with E-state index in [2.05, 4.69) is 20.2 Å². The van der Waals surface area contributed by atoms with Crippen LogP contribution in [-0.2, 0) is 21.4 Å². The van der Waals surface area contributed by atoms with Gasteiger partial charge in [-0.1, -0.05) is 54.2 Å². The van der Waals surface area contributed by atoms with Gasteiger partial charge in [-0.3, -0.25) is 9.52 Å². The number of anilines is 2. The fourth-order valence-electron chi connectivity index (χ4n) is 2.61. The molecule has 0 saturated heterocycles. The van der Waals surface area contributed by atoms with Crippen LogP contribution in [0.3, 0.4) is 0 Å². The molecular weight excluding hydrogens is 410 g/mol. The predicted octanol–water partition coefficient (Wildman–Crippen LogP) is 2.74. The summed E-state index contributed by atoms with van der Waals surface area (Å²) in [5.41, 5.74) is 1.82. The van der Waals surface area contributed by atoms with E-state index < -0.39 is 10.0 Å². The fourth-order valence-corrected chi connectivity index (χ4v) is 3.97. The van der Waals surface area contributed by atoms with Crippen LogP contribution in [0.2, 0.25) is 0 Å². The second-order valence-electron chi connectivity index (χ2n) is 6.36. The van der Waals surface area contributed by atoms with E-state index in [4.69, 9.17) is 0 Å². The van der Waals surface area contributed by atoms with Gasteiger partial charge in [-0.2, -0.15) is 0 Å². The van der Waals surface area contributed by atoms with E-state index in [0.717, 1.165) is 17.6 Å². The minimum Gasteiger partial charge on any atom is -0.324 e. The van der Waals surface area contributed by atoms with Crippen molar-refractivity contribution in [2.24, 2.45) is 0 Å². The summed E-state index contributed by atoms with van der Waals surface area (Å²) in [7, 11) is -3.45. The average Bonchev–Trinajstić information content (AvgIpc) is 3.01. The Labute approximate surface area is 173 Å². The van der Waals surface area contributed by atoms with E-state index in [1.165, 1.54) is 11.8 Å². The number of para-hydroxylation sites is 2. The lowest BCUT2D eigenvalue weighted by Crippen LogP contribution is -2.17. The number of carbonyl (C=O) groups excluding carboxylic acids is 1. The highest BCUT2D eigenvalue weighted by Gasteiger charge is 2.14. The average molecular weight is 432 g/mol. The molecule has 0 atom stereocenters.